The fraction of sp³-hybridized carbons (Fsp3) is 0.145. The maximum atomic E-state index is 6.81. The molecule has 69 heavy (non-hydrogen) atoms. The van der Waals surface area contributed by atoms with Crippen LogP contribution in [0.1, 0.15) is 50.7 Å². The Morgan fingerprint density at radius 1 is 0.565 bits per heavy atom. The van der Waals surface area contributed by atoms with Gasteiger partial charge in [0.15, 0.2) is 0 Å². The first-order valence-electron chi connectivity index (χ1n) is 23.5. The van der Waals surface area contributed by atoms with E-state index in [9.17, 15) is 0 Å². The van der Waals surface area contributed by atoms with E-state index in [2.05, 4.69) is 207 Å². The Balaban J connectivity index is 0.000000296. The van der Waals surface area contributed by atoms with Gasteiger partial charge in [-0.3, -0.25) is 9.97 Å². The van der Waals surface area contributed by atoms with Crippen LogP contribution >= 0.6 is 0 Å². The van der Waals surface area contributed by atoms with Crippen molar-refractivity contribution in [2.75, 3.05) is 0 Å². The van der Waals surface area contributed by atoms with E-state index in [0.29, 0.717) is 0 Å². The minimum absolute atomic E-state index is 0. The third-order valence-corrected chi connectivity index (χ3v) is 14.8. The molecule has 0 aliphatic carbocycles. The molecule has 4 aromatic heterocycles. The Hall–Kier alpha value is -7.02. The van der Waals surface area contributed by atoms with Crippen LogP contribution < -0.4 is 5.19 Å². The van der Waals surface area contributed by atoms with Gasteiger partial charge >= 0.3 is 0 Å². The van der Waals surface area contributed by atoms with Gasteiger partial charge in [-0.2, -0.15) is 0 Å². The number of fused-ring (bicyclic) bond motifs is 4. The summed E-state index contributed by atoms with van der Waals surface area (Å²) in [6.07, 6.45) is 5.72. The Bertz CT molecular complexity index is 3490. The Kier molecular flexibility index (Phi) is 13.6. The smallest absolute Gasteiger partial charge is 0.121 e. The molecule has 0 saturated heterocycles. The third kappa shape index (κ3) is 9.56. The van der Waals surface area contributed by atoms with E-state index >= 15 is 0 Å². The van der Waals surface area contributed by atoms with Crippen LogP contribution in [0.5, 0.6) is 0 Å². The van der Waals surface area contributed by atoms with E-state index in [1.165, 1.54) is 38.6 Å². The minimum atomic E-state index is -1.23. The number of hydrogen-bond donors (Lipinski definition) is 0. The molecule has 7 aromatic carbocycles. The molecule has 1 radical (unpaired) electrons. The van der Waals surface area contributed by atoms with Gasteiger partial charge in [-0.05, 0) is 91.5 Å². The second kappa shape index (κ2) is 19.9. The van der Waals surface area contributed by atoms with Crippen LogP contribution in [0.15, 0.2) is 193 Å². The normalized spacial score (nSPS) is 11.6. The monoisotopic (exact) mass is 1090 g/mol. The Labute approximate surface area is 420 Å². The van der Waals surface area contributed by atoms with Crippen LogP contribution in [-0.2, 0) is 20.1 Å². The first-order chi connectivity index (χ1) is 33.0. The van der Waals surface area contributed by atoms with Gasteiger partial charge in [-0.25, -0.2) is 0 Å². The van der Waals surface area contributed by atoms with Gasteiger partial charge in [0.25, 0.3) is 0 Å². The van der Waals surface area contributed by atoms with Gasteiger partial charge in [-0.15, -0.1) is 54.1 Å². The second-order valence-corrected chi connectivity index (χ2v) is 24.2. The predicted octanol–water partition coefficient (Wildman–Crippen LogP) is 16.1. The molecule has 7 heteroatoms. The molecule has 4 heterocycles. The average Bonchev–Trinajstić information content (AvgIpc) is 3.95. The fourth-order valence-electron chi connectivity index (χ4n) is 9.06. The maximum absolute atomic E-state index is 6.81. The number of pyridine rings is 2. The largest absolute Gasteiger partial charge is 0.501 e. The molecule has 0 unspecified atom stereocenters. The molecule has 11 aromatic rings. The van der Waals surface area contributed by atoms with Crippen molar-refractivity contribution in [1.29, 1.82) is 0 Å². The number of hydrogen-bond acceptors (Lipinski definition) is 4. The van der Waals surface area contributed by atoms with Crippen molar-refractivity contribution in [3.63, 3.8) is 0 Å². The molecule has 343 valence electrons. The van der Waals surface area contributed by atoms with Crippen LogP contribution in [0, 0.1) is 12.1 Å². The molecule has 0 spiro atoms. The molecule has 0 N–H and O–H groups in total. The van der Waals surface area contributed by atoms with E-state index in [4.69, 9.17) is 9.40 Å². The van der Waals surface area contributed by atoms with Crippen molar-refractivity contribution in [3.8, 4) is 61.7 Å². The van der Waals surface area contributed by atoms with Gasteiger partial charge in [0, 0.05) is 43.6 Å². The van der Waals surface area contributed by atoms with Crippen LogP contribution in [0.4, 0.5) is 0 Å². The van der Waals surface area contributed by atoms with Crippen molar-refractivity contribution in [3.05, 3.63) is 212 Å². The molecule has 0 atom stereocenters. The zero-order chi connectivity index (χ0) is 46.9. The van der Waals surface area contributed by atoms with Gasteiger partial charge in [0.2, 0.25) is 0 Å². The van der Waals surface area contributed by atoms with E-state index in [0.717, 1.165) is 72.4 Å². The number of benzene rings is 7. The van der Waals surface area contributed by atoms with Gasteiger partial charge in [-0.1, -0.05) is 167 Å². The number of aromatic nitrogens is 4. The zero-order valence-electron chi connectivity index (χ0n) is 40.1. The molecule has 0 bridgehead atoms. The van der Waals surface area contributed by atoms with Crippen LogP contribution in [0.2, 0.25) is 19.6 Å². The van der Waals surface area contributed by atoms with Crippen molar-refractivity contribution < 1.29 is 24.5 Å². The van der Waals surface area contributed by atoms with Crippen molar-refractivity contribution in [2.45, 2.75) is 59.2 Å². The van der Waals surface area contributed by atoms with Gasteiger partial charge in [0.1, 0.15) is 5.58 Å². The van der Waals surface area contributed by atoms with E-state index in [1.54, 1.807) is 0 Å². The summed E-state index contributed by atoms with van der Waals surface area (Å²) >= 11 is 0. The summed E-state index contributed by atoms with van der Waals surface area (Å²) in [6, 6.07) is 66.3. The van der Waals surface area contributed by atoms with Gasteiger partial charge in [0.05, 0.1) is 36.7 Å². The quantitative estimate of drug-likeness (QED) is 0.107. The molecule has 11 rings (SSSR count). The first-order valence-corrected chi connectivity index (χ1v) is 27.0. The van der Waals surface area contributed by atoms with Crippen molar-refractivity contribution in [1.82, 2.24) is 19.5 Å². The topological polar surface area (TPSA) is 56.7 Å². The summed E-state index contributed by atoms with van der Waals surface area (Å²) < 4.78 is 9.14. The van der Waals surface area contributed by atoms with Crippen LogP contribution in [-0.4, -0.2) is 27.6 Å². The van der Waals surface area contributed by atoms with E-state index in [-0.39, 0.29) is 31.9 Å². The zero-order valence-corrected chi connectivity index (χ0v) is 43.5. The fourth-order valence-corrected chi connectivity index (χ4v) is 10.1. The first kappa shape index (κ1) is 47.1. The summed E-state index contributed by atoms with van der Waals surface area (Å²) in [5.74, 6) is 1.31. The Morgan fingerprint density at radius 3 is 1.80 bits per heavy atom. The van der Waals surface area contributed by atoms with Crippen molar-refractivity contribution >= 4 is 46.2 Å². The Morgan fingerprint density at radius 2 is 1.19 bits per heavy atom. The number of nitrogens with zero attached hydrogens (tertiary/aromatic N) is 4. The molecule has 0 amide bonds. The van der Waals surface area contributed by atoms with Crippen LogP contribution in [0.25, 0.3) is 94.7 Å². The number of imidazole rings is 1. The average molecular weight is 1090 g/mol. The summed E-state index contributed by atoms with van der Waals surface area (Å²) in [5, 5.41) is 3.50. The number of furan rings is 1. The second-order valence-electron chi connectivity index (χ2n) is 19.1. The van der Waals surface area contributed by atoms with Crippen LogP contribution in [0.3, 0.4) is 0 Å². The maximum Gasteiger partial charge on any atom is 0.121 e. The molecular weight excluding hydrogens is 1040 g/mol. The van der Waals surface area contributed by atoms with E-state index < -0.39 is 8.07 Å². The number of rotatable bonds is 9. The molecule has 0 aliphatic heterocycles. The summed E-state index contributed by atoms with van der Waals surface area (Å²) in [7, 11) is -1.23. The SMILES string of the molecule is CC(C)c1cc(-c2ccccc2)cc(C(C)C)c1-n1c(-c2[c-]ccc3c2oc2cc(-c4ccc(-c5ccccc5)cc4)ccc23)nc2cnccc21.C[Si](C)(C)c1ccc(-c2[c-]cccc2)nc1.[Ir]. The summed E-state index contributed by atoms with van der Waals surface area (Å²) in [6.45, 7) is 16.1. The standard InChI is InChI=1S/C48H38N3O.C14H16NSi.Ir/c1-30(2)41-26-37(33-14-9-6-10-15-33)27-42(31(3)4)46(41)51-44-24-25-49-29-43(44)50-48(51)40-17-11-16-39-38-23-22-36(28-45(38)52-47(39)40)35-20-18-34(19-21-35)32-12-7-5-8-13-32;1-16(2,3)13-9-10-14(15-11-13)12-7-5-4-6-8-12;/h5-16,18-31H,1-4H3;4-7,9-11H,1-3H3;/q2*-1;. The third-order valence-electron chi connectivity index (χ3n) is 12.8. The summed E-state index contributed by atoms with van der Waals surface area (Å²) in [4.78, 5) is 14.3. The molecule has 5 nitrogen and oxygen atoms in total. The predicted molar refractivity (Wildman–Crippen MR) is 286 cm³/mol. The molecule has 0 saturated carbocycles. The summed E-state index contributed by atoms with van der Waals surface area (Å²) in [5.41, 5.74) is 17.1. The molecule has 0 aliphatic rings. The van der Waals surface area contributed by atoms with E-state index in [1.807, 2.05) is 55.0 Å². The minimum Gasteiger partial charge on any atom is -0.501 e. The molecule has 0 fully saturated rings. The molecular formula is C62H54IrN4OSi-2. The van der Waals surface area contributed by atoms with Gasteiger partial charge < -0.3 is 14.0 Å². The van der Waals surface area contributed by atoms with Crippen molar-refractivity contribution in [2.24, 2.45) is 0 Å².